The SMILES string of the molecule is CC(CF)OP(=O)(O)OC(C)CF. The van der Waals surface area contributed by atoms with E-state index < -0.39 is 33.4 Å². The van der Waals surface area contributed by atoms with E-state index >= 15 is 0 Å². The second kappa shape index (κ2) is 5.65. The Kier molecular flexibility index (Phi) is 5.64. The summed E-state index contributed by atoms with van der Waals surface area (Å²) in [5.41, 5.74) is 0. The normalized spacial score (nSPS) is 20.7. The highest BCUT2D eigenvalue weighted by Crippen LogP contribution is 2.45. The van der Waals surface area contributed by atoms with Crippen molar-refractivity contribution in [2.24, 2.45) is 0 Å². The summed E-state index contributed by atoms with van der Waals surface area (Å²) in [4.78, 5) is 8.90. The van der Waals surface area contributed by atoms with E-state index in [9.17, 15) is 13.3 Å². The van der Waals surface area contributed by atoms with Gasteiger partial charge in [0.15, 0.2) is 0 Å². The van der Waals surface area contributed by atoms with Gasteiger partial charge in [-0.15, -0.1) is 0 Å². The van der Waals surface area contributed by atoms with Crippen LogP contribution in [0.2, 0.25) is 0 Å². The van der Waals surface area contributed by atoms with Gasteiger partial charge in [-0.05, 0) is 13.8 Å². The molecule has 4 nitrogen and oxygen atoms in total. The summed E-state index contributed by atoms with van der Waals surface area (Å²) in [7, 11) is -4.32. The van der Waals surface area contributed by atoms with Crippen LogP contribution in [-0.4, -0.2) is 30.5 Å². The van der Waals surface area contributed by atoms with Gasteiger partial charge in [-0.1, -0.05) is 0 Å². The minimum atomic E-state index is -4.32. The number of hydrogen-bond acceptors (Lipinski definition) is 3. The minimum absolute atomic E-state index is 0.905. The zero-order valence-corrected chi connectivity index (χ0v) is 8.34. The van der Waals surface area contributed by atoms with Crippen molar-refractivity contribution in [2.75, 3.05) is 13.3 Å². The molecule has 0 heterocycles. The fourth-order valence-corrected chi connectivity index (χ4v) is 1.61. The monoisotopic (exact) mass is 218 g/mol. The van der Waals surface area contributed by atoms with Crippen LogP contribution in [0.3, 0.4) is 0 Å². The van der Waals surface area contributed by atoms with Crippen LogP contribution in [0.25, 0.3) is 0 Å². The lowest BCUT2D eigenvalue weighted by atomic mass is 10.5. The third-order valence-corrected chi connectivity index (χ3v) is 2.31. The summed E-state index contributed by atoms with van der Waals surface area (Å²) >= 11 is 0. The molecule has 0 fully saturated rings. The Balaban J connectivity index is 4.00. The Morgan fingerprint density at radius 2 is 1.54 bits per heavy atom. The second-order valence-corrected chi connectivity index (χ2v) is 3.97. The second-order valence-electron chi connectivity index (χ2n) is 2.61. The highest BCUT2D eigenvalue weighted by Gasteiger charge is 2.27. The van der Waals surface area contributed by atoms with Gasteiger partial charge in [0.1, 0.15) is 13.3 Å². The first kappa shape index (κ1) is 13.0. The molecule has 13 heavy (non-hydrogen) atoms. The van der Waals surface area contributed by atoms with Crippen molar-refractivity contribution in [1.29, 1.82) is 0 Å². The molecule has 0 rings (SSSR count). The molecule has 0 aliphatic rings. The Labute approximate surface area is 75.5 Å². The van der Waals surface area contributed by atoms with Crippen molar-refractivity contribution in [1.82, 2.24) is 0 Å². The number of phosphoric ester groups is 1. The van der Waals surface area contributed by atoms with E-state index in [1.54, 1.807) is 0 Å². The van der Waals surface area contributed by atoms with Crippen LogP contribution < -0.4 is 0 Å². The van der Waals surface area contributed by atoms with E-state index in [-0.39, 0.29) is 0 Å². The van der Waals surface area contributed by atoms with E-state index in [2.05, 4.69) is 9.05 Å². The molecule has 80 valence electrons. The van der Waals surface area contributed by atoms with Crippen molar-refractivity contribution in [3.63, 3.8) is 0 Å². The quantitative estimate of drug-likeness (QED) is 0.691. The van der Waals surface area contributed by atoms with Crippen molar-refractivity contribution in [3.05, 3.63) is 0 Å². The average molecular weight is 218 g/mol. The van der Waals surface area contributed by atoms with Crippen LogP contribution in [0.1, 0.15) is 13.8 Å². The summed E-state index contributed by atoms with van der Waals surface area (Å²) in [6.07, 6.45) is -2.08. The number of rotatable bonds is 6. The molecule has 0 aromatic rings. The van der Waals surface area contributed by atoms with E-state index in [4.69, 9.17) is 4.89 Å². The van der Waals surface area contributed by atoms with E-state index in [0.29, 0.717) is 0 Å². The standard InChI is InChI=1S/C6H13F2O4P/c1-5(3-7)11-13(9,10)12-6(2)4-8/h5-6H,3-4H2,1-2H3,(H,9,10). The zero-order valence-electron chi connectivity index (χ0n) is 7.44. The Bertz CT molecular complexity index is 173. The molecule has 0 aromatic carbocycles. The van der Waals surface area contributed by atoms with Gasteiger partial charge < -0.3 is 4.89 Å². The molecule has 0 aromatic heterocycles. The Hall–Kier alpha value is -0.0300. The molecular formula is C6H13F2O4P. The summed E-state index contributed by atoms with van der Waals surface area (Å²) in [6, 6.07) is 0. The predicted molar refractivity (Wildman–Crippen MR) is 42.9 cm³/mol. The lowest BCUT2D eigenvalue weighted by molar-refractivity contribution is 0.0673. The molecule has 0 radical (unpaired) electrons. The third-order valence-electron chi connectivity index (χ3n) is 1.06. The lowest BCUT2D eigenvalue weighted by Crippen LogP contribution is -2.14. The molecule has 0 aliphatic carbocycles. The molecule has 2 atom stereocenters. The van der Waals surface area contributed by atoms with Crippen LogP contribution in [0.4, 0.5) is 8.78 Å². The zero-order chi connectivity index (χ0) is 10.5. The van der Waals surface area contributed by atoms with Gasteiger partial charge in [0, 0.05) is 0 Å². The molecule has 0 spiro atoms. The first-order valence-electron chi connectivity index (χ1n) is 3.72. The minimum Gasteiger partial charge on any atom is -0.302 e. The van der Waals surface area contributed by atoms with Gasteiger partial charge in [-0.25, -0.2) is 13.3 Å². The maximum absolute atomic E-state index is 11.8. The summed E-state index contributed by atoms with van der Waals surface area (Å²) < 4.78 is 43.2. The fraction of sp³-hybridized carbons (Fsp3) is 1.00. The molecule has 0 saturated carbocycles. The molecular weight excluding hydrogens is 205 g/mol. The third kappa shape index (κ3) is 6.10. The van der Waals surface area contributed by atoms with Gasteiger partial charge in [0.25, 0.3) is 0 Å². The number of phosphoric acid groups is 1. The van der Waals surface area contributed by atoms with Gasteiger partial charge in [0.2, 0.25) is 0 Å². The van der Waals surface area contributed by atoms with Gasteiger partial charge in [-0.3, -0.25) is 9.05 Å². The van der Waals surface area contributed by atoms with Crippen molar-refractivity contribution in [3.8, 4) is 0 Å². The van der Waals surface area contributed by atoms with Crippen molar-refractivity contribution in [2.45, 2.75) is 26.1 Å². The number of halogens is 2. The smallest absolute Gasteiger partial charge is 0.302 e. The Morgan fingerprint density at radius 1 is 1.23 bits per heavy atom. The van der Waals surface area contributed by atoms with E-state index in [1.165, 1.54) is 13.8 Å². The molecule has 7 heteroatoms. The summed E-state index contributed by atoms with van der Waals surface area (Å²) in [5.74, 6) is 0. The van der Waals surface area contributed by atoms with Gasteiger partial charge in [0.05, 0.1) is 12.2 Å². The fourth-order valence-electron chi connectivity index (χ4n) is 0.536. The predicted octanol–water partition coefficient (Wildman–Crippen LogP) is 1.84. The van der Waals surface area contributed by atoms with Crippen LogP contribution in [0.15, 0.2) is 0 Å². The maximum atomic E-state index is 11.8. The highest BCUT2D eigenvalue weighted by molar-refractivity contribution is 7.47. The largest absolute Gasteiger partial charge is 0.472 e. The number of hydrogen-bond donors (Lipinski definition) is 1. The van der Waals surface area contributed by atoms with Crippen LogP contribution in [0, 0.1) is 0 Å². The summed E-state index contributed by atoms with van der Waals surface area (Å²) in [6.45, 7) is 0.731. The average Bonchev–Trinajstić information content (AvgIpc) is 2.02. The molecule has 0 amide bonds. The Morgan fingerprint density at radius 3 is 1.77 bits per heavy atom. The van der Waals surface area contributed by atoms with Crippen LogP contribution >= 0.6 is 7.82 Å². The molecule has 0 bridgehead atoms. The van der Waals surface area contributed by atoms with Gasteiger partial charge >= 0.3 is 7.82 Å². The first-order valence-corrected chi connectivity index (χ1v) is 5.22. The summed E-state index contributed by atoms with van der Waals surface area (Å²) in [5, 5.41) is 0. The van der Waals surface area contributed by atoms with E-state index in [0.717, 1.165) is 0 Å². The molecule has 2 unspecified atom stereocenters. The van der Waals surface area contributed by atoms with Crippen molar-refractivity contribution >= 4 is 7.82 Å². The number of alkyl halides is 2. The maximum Gasteiger partial charge on any atom is 0.472 e. The lowest BCUT2D eigenvalue weighted by Gasteiger charge is -2.17. The van der Waals surface area contributed by atoms with E-state index in [1.807, 2.05) is 0 Å². The van der Waals surface area contributed by atoms with Gasteiger partial charge in [-0.2, -0.15) is 0 Å². The molecule has 0 aliphatic heterocycles. The highest BCUT2D eigenvalue weighted by atomic mass is 31.2. The van der Waals surface area contributed by atoms with Crippen LogP contribution in [0.5, 0.6) is 0 Å². The van der Waals surface area contributed by atoms with Crippen molar-refractivity contribution < 1.29 is 27.3 Å². The molecule has 0 saturated heterocycles. The molecule has 1 N–H and O–H groups in total. The van der Waals surface area contributed by atoms with Crippen LogP contribution in [-0.2, 0) is 13.6 Å². The topological polar surface area (TPSA) is 55.8 Å². The first-order chi connectivity index (χ1) is 5.91.